The van der Waals surface area contributed by atoms with Crippen LogP contribution in [0.4, 0.5) is 4.39 Å². The van der Waals surface area contributed by atoms with E-state index in [0.29, 0.717) is 0 Å². The second kappa shape index (κ2) is 7.74. The normalized spacial score (nSPS) is 8.92. The van der Waals surface area contributed by atoms with Crippen molar-refractivity contribution in [2.75, 3.05) is 13.6 Å². The average molecular weight is 183 g/mol. The van der Waals surface area contributed by atoms with Crippen molar-refractivity contribution >= 4 is 0 Å². The van der Waals surface area contributed by atoms with Gasteiger partial charge in [-0.2, -0.15) is 0 Å². The van der Waals surface area contributed by atoms with Gasteiger partial charge in [-0.3, -0.25) is 0 Å². The monoisotopic (exact) mass is 183 g/mol. The molecule has 74 valence electrons. The maximum Gasteiger partial charge on any atom is 0.123 e. The predicted molar refractivity (Wildman–Crippen MR) is 55.4 cm³/mol. The number of rotatable bonds is 3. The lowest BCUT2D eigenvalue weighted by atomic mass is 10.1. The molecule has 0 amide bonds. The van der Waals surface area contributed by atoms with E-state index in [1.165, 1.54) is 6.07 Å². The van der Waals surface area contributed by atoms with Gasteiger partial charge >= 0.3 is 0 Å². The summed E-state index contributed by atoms with van der Waals surface area (Å²) in [7, 11) is 1.89. The second-order valence-electron chi connectivity index (χ2n) is 2.48. The minimum absolute atomic E-state index is 0.154. The van der Waals surface area contributed by atoms with Gasteiger partial charge in [0.1, 0.15) is 5.82 Å². The number of hydrogen-bond acceptors (Lipinski definition) is 1. The van der Waals surface area contributed by atoms with E-state index in [2.05, 4.69) is 5.32 Å². The fourth-order valence-electron chi connectivity index (χ4n) is 0.962. The van der Waals surface area contributed by atoms with Crippen LogP contribution in [0.2, 0.25) is 0 Å². The molecule has 0 aliphatic carbocycles. The third-order valence-electron chi connectivity index (χ3n) is 1.55. The van der Waals surface area contributed by atoms with E-state index >= 15 is 0 Å². The Morgan fingerprint density at radius 3 is 2.54 bits per heavy atom. The summed E-state index contributed by atoms with van der Waals surface area (Å²) in [5, 5.41) is 3.01. The van der Waals surface area contributed by atoms with Gasteiger partial charge in [-0.15, -0.1) is 0 Å². The van der Waals surface area contributed by atoms with Crippen LogP contribution in [0.5, 0.6) is 0 Å². The molecule has 0 fully saturated rings. The highest BCUT2D eigenvalue weighted by Crippen LogP contribution is 2.02. The van der Waals surface area contributed by atoms with Crippen LogP contribution in [0.15, 0.2) is 24.3 Å². The standard InChI is InChI=1S/C9H12FN.C2H6/c1-11-6-5-8-3-2-4-9(10)7-8;1-2/h2-4,7,11H,5-6H2,1H3;1-2H3. The first kappa shape index (κ1) is 12.1. The minimum atomic E-state index is -0.154. The smallest absolute Gasteiger partial charge is 0.123 e. The van der Waals surface area contributed by atoms with Crippen LogP contribution >= 0.6 is 0 Å². The highest BCUT2D eigenvalue weighted by molar-refractivity contribution is 5.16. The molecule has 2 heteroatoms. The molecule has 0 heterocycles. The van der Waals surface area contributed by atoms with Crippen molar-refractivity contribution in [1.82, 2.24) is 5.32 Å². The van der Waals surface area contributed by atoms with Crippen LogP contribution in [0, 0.1) is 5.82 Å². The van der Waals surface area contributed by atoms with Crippen molar-refractivity contribution < 1.29 is 4.39 Å². The van der Waals surface area contributed by atoms with Crippen molar-refractivity contribution in [3.63, 3.8) is 0 Å². The molecule has 0 spiro atoms. The van der Waals surface area contributed by atoms with Crippen molar-refractivity contribution in [3.8, 4) is 0 Å². The van der Waals surface area contributed by atoms with E-state index in [1.807, 2.05) is 27.0 Å². The Morgan fingerprint density at radius 1 is 1.31 bits per heavy atom. The molecule has 0 aromatic heterocycles. The summed E-state index contributed by atoms with van der Waals surface area (Å²) in [6.45, 7) is 4.89. The number of nitrogens with one attached hydrogen (secondary N) is 1. The van der Waals surface area contributed by atoms with Gasteiger partial charge < -0.3 is 5.32 Å². The minimum Gasteiger partial charge on any atom is -0.319 e. The van der Waals surface area contributed by atoms with Gasteiger partial charge in [-0.1, -0.05) is 26.0 Å². The first-order chi connectivity index (χ1) is 6.33. The Labute approximate surface area is 80.0 Å². The van der Waals surface area contributed by atoms with Crippen LogP contribution in [0.25, 0.3) is 0 Å². The van der Waals surface area contributed by atoms with E-state index in [-0.39, 0.29) is 5.82 Å². The van der Waals surface area contributed by atoms with Crippen LogP contribution in [0.3, 0.4) is 0 Å². The molecular formula is C11H18FN. The predicted octanol–water partition coefficient (Wildman–Crippen LogP) is 2.61. The summed E-state index contributed by atoms with van der Waals surface area (Å²) < 4.78 is 12.6. The SMILES string of the molecule is CC.CNCCc1cccc(F)c1. The van der Waals surface area contributed by atoms with Crippen LogP contribution < -0.4 is 5.32 Å². The average Bonchev–Trinajstić information content (AvgIpc) is 2.18. The molecule has 1 nitrogen and oxygen atoms in total. The van der Waals surface area contributed by atoms with E-state index < -0.39 is 0 Å². The van der Waals surface area contributed by atoms with Gasteiger partial charge in [-0.05, 0) is 37.7 Å². The van der Waals surface area contributed by atoms with Gasteiger partial charge in [-0.25, -0.2) is 4.39 Å². The van der Waals surface area contributed by atoms with Gasteiger partial charge in [0.15, 0.2) is 0 Å². The zero-order valence-corrected chi connectivity index (χ0v) is 8.60. The first-order valence-electron chi connectivity index (χ1n) is 4.72. The molecule has 0 unspecified atom stereocenters. The molecule has 0 bridgehead atoms. The molecule has 1 rings (SSSR count). The highest BCUT2D eigenvalue weighted by atomic mass is 19.1. The maximum absolute atomic E-state index is 12.6. The Kier molecular flexibility index (Phi) is 7.21. The first-order valence-corrected chi connectivity index (χ1v) is 4.72. The number of hydrogen-bond donors (Lipinski definition) is 1. The third kappa shape index (κ3) is 5.36. The molecule has 0 atom stereocenters. The van der Waals surface area contributed by atoms with Crippen molar-refractivity contribution in [2.45, 2.75) is 20.3 Å². The highest BCUT2D eigenvalue weighted by Gasteiger charge is 1.92. The van der Waals surface area contributed by atoms with Crippen LogP contribution in [0.1, 0.15) is 19.4 Å². The van der Waals surface area contributed by atoms with E-state index in [4.69, 9.17) is 0 Å². The lowest BCUT2D eigenvalue weighted by Crippen LogP contribution is -2.10. The Bertz CT molecular complexity index is 223. The quantitative estimate of drug-likeness (QED) is 0.759. The van der Waals surface area contributed by atoms with Crippen molar-refractivity contribution in [3.05, 3.63) is 35.6 Å². The van der Waals surface area contributed by atoms with Gasteiger partial charge in [0, 0.05) is 0 Å². The van der Waals surface area contributed by atoms with E-state index in [0.717, 1.165) is 18.5 Å². The molecule has 1 N–H and O–H groups in total. The zero-order chi connectivity index (χ0) is 10.1. The molecule has 0 saturated carbocycles. The summed E-state index contributed by atoms with van der Waals surface area (Å²) in [5.74, 6) is -0.154. The lowest BCUT2D eigenvalue weighted by molar-refractivity contribution is 0.624. The molecule has 0 saturated heterocycles. The van der Waals surface area contributed by atoms with Crippen molar-refractivity contribution in [2.24, 2.45) is 0 Å². The molecule has 1 aromatic carbocycles. The summed E-state index contributed by atoms with van der Waals surface area (Å²) in [4.78, 5) is 0. The van der Waals surface area contributed by atoms with Crippen LogP contribution in [-0.2, 0) is 6.42 Å². The number of likely N-dealkylation sites (N-methyl/N-ethyl adjacent to an activating group) is 1. The molecule has 0 radical (unpaired) electrons. The summed E-state index contributed by atoms with van der Waals surface area (Å²) >= 11 is 0. The van der Waals surface area contributed by atoms with Gasteiger partial charge in [0.2, 0.25) is 0 Å². The second-order valence-corrected chi connectivity index (χ2v) is 2.48. The molecule has 0 aliphatic rings. The fourth-order valence-corrected chi connectivity index (χ4v) is 0.962. The van der Waals surface area contributed by atoms with Crippen molar-refractivity contribution in [1.29, 1.82) is 0 Å². The molecule has 0 aliphatic heterocycles. The van der Waals surface area contributed by atoms with E-state index in [1.54, 1.807) is 12.1 Å². The van der Waals surface area contributed by atoms with Gasteiger partial charge in [0.05, 0.1) is 0 Å². The number of benzene rings is 1. The third-order valence-corrected chi connectivity index (χ3v) is 1.55. The van der Waals surface area contributed by atoms with E-state index in [9.17, 15) is 4.39 Å². The summed E-state index contributed by atoms with van der Waals surface area (Å²) in [6.07, 6.45) is 0.883. The zero-order valence-electron chi connectivity index (χ0n) is 8.60. The number of halogens is 1. The summed E-state index contributed by atoms with van der Waals surface area (Å²) in [6, 6.07) is 6.70. The lowest BCUT2D eigenvalue weighted by Gasteiger charge is -1.99. The van der Waals surface area contributed by atoms with Crippen LogP contribution in [-0.4, -0.2) is 13.6 Å². The topological polar surface area (TPSA) is 12.0 Å². The van der Waals surface area contributed by atoms with Gasteiger partial charge in [0.25, 0.3) is 0 Å². The molecular weight excluding hydrogens is 165 g/mol. The maximum atomic E-state index is 12.6. The molecule has 13 heavy (non-hydrogen) atoms. The summed E-state index contributed by atoms with van der Waals surface area (Å²) in [5.41, 5.74) is 1.04. The molecule has 1 aromatic rings. The fraction of sp³-hybridized carbons (Fsp3) is 0.455. The largest absolute Gasteiger partial charge is 0.319 e. The Balaban J connectivity index is 0.000000671. The Morgan fingerprint density at radius 2 is 2.00 bits per heavy atom. The Hall–Kier alpha value is -0.890.